The van der Waals surface area contributed by atoms with Crippen molar-refractivity contribution in [3.05, 3.63) is 70.6 Å². The predicted molar refractivity (Wildman–Crippen MR) is 118 cm³/mol. The van der Waals surface area contributed by atoms with Gasteiger partial charge in [-0.15, -0.1) is 0 Å². The topological polar surface area (TPSA) is 101 Å². The molecule has 0 aliphatic heterocycles. The van der Waals surface area contributed by atoms with Gasteiger partial charge in [0.15, 0.2) is 5.76 Å². The molecule has 0 saturated heterocycles. The molecule has 0 atom stereocenters. The summed E-state index contributed by atoms with van der Waals surface area (Å²) in [5.41, 5.74) is 2.27. The third kappa shape index (κ3) is 5.28. The molecule has 3 aromatic rings. The number of carbonyl (C=O) groups excluding carboxylic acids is 1. The Balaban J connectivity index is 1.74. The molecule has 0 aliphatic rings. The number of benzene rings is 2. The van der Waals surface area contributed by atoms with Gasteiger partial charge < -0.3 is 9.84 Å². The average Bonchev–Trinajstić information content (AvgIpc) is 3.07. The number of carbonyl (C=O) groups is 1. The Morgan fingerprint density at radius 1 is 1.10 bits per heavy atom. The zero-order valence-corrected chi connectivity index (χ0v) is 17.9. The molecule has 0 saturated carbocycles. The van der Waals surface area contributed by atoms with Crippen LogP contribution in [0.1, 0.15) is 30.4 Å². The van der Waals surface area contributed by atoms with E-state index in [9.17, 15) is 13.2 Å². The number of rotatable bonds is 7. The van der Waals surface area contributed by atoms with Crippen LogP contribution in [0.3, 0.4) is 0 Å². The van der Waals surface area contributed by atoms with Gasteiger partial charge in [0.2, 0.25) is 5.91 Å². The van der Waals surface area contributed by atoms with E-state index in [2.05, 4.69) is 15.2 Å². The van der Waals surface area contributed by atoms with Gasteiger partial charge in [0.25, 0.3) is 10.0 Å². The van der Waals surface area contributed by atoms with E-state index < -0.39 is 10.0 Å². The van der Waals surface area contributed by atoms with E-state index in [4.69, 9.17) is 16.1 Å². The standard InChI is InChI=1S/C21H20ClN3O4S/c1-3-20(26)23-21-14(2)24-29-19(21)13-6-15-4-11-18(12-5-15)30(27,28)25-17-9-7-16(22)8-10-17/h4-13,25H,3H2,1-2H3,(H,23,26)/b13-6-. The van der Waals surface area contributed by atoms with Gasteiger partial charge >= 0.3 is 0 Å². The lowest BCUT2D eigenvalue weighted by molar-refractivity contribution is -0.115. The molecule has 9 heteroatoms. The van der Waals surface area contributed by atoms with Crippen LogP contribution in [0.15, 0.2) is 57.9 Å². The number of hydrogen-bond donors (Lipinski definition) is 2. The van der Waals surface area contributed by atoms with Crippen LogP contribution in [0.5, 0.6) is 0 Å². The van der Waals surface area contributed by atoms with Crippen molar-refractivity contribution >= 4 is 51.1 Å². The smallest absolute Gasteiger partial charge is 0.261 e. The van der Waals surface area contributed by atoms with Gasteiger partial charge in [0.1, 0.15) is 11.4 Å². The number of amides is 1. The lowest BCUT2D eigenvalue weighted by atomic mass is 10.2. The van der Waals surface area contributed by atoms with Crippen molar-refractivity contribution in [3.8, 4) is 0 Å². The van der Waals surface area contributed by atoms with Gasteiger partial charge in [-0.1, -0.05) is 41.9 Å². The maximum atomic E-state index is 12.5. The van der Waals surface area contributed by atoms with Crippen molar-refractivity contribution in [2.24, 2.45) is 0 Å². The van der Waals surface area contributed by atoms with E-state index in [0.717, 1.165) is 5.56 Å². The molecule has 0 unspecified atom stereocenters. The van der Waals surface area contributed by atoms with Crippen LogP contribution in [0, 0.1) is 6.92 Å². The maximum Gasteiger partial charge on any atom is 0.261 e. The fourth-order valence-corrected chi connectivity index (χ4v) is 3.73. The molecule has 2 N–H and O–H groups in total. The number of halogens is 1. The number of hydrogen-bond acceptors (Lipinski definition) is 5. The molecule has 30 heavy (non-hydrogen) atoms. The highest BCUT2D eigenvalue weighted by Crippen LogP contribution is 2.23. The van der Waals surface area contributed by atoms with E-state index in [0.29, 0.717) is 34.3 Å². The van der Waals surface area contributed by atoms with Crippen LogP contribution in [0.25, 0.3) is 12.2 Å². The fraction of sp³-hybridized carbons (Fsp3) is 0.143. The number of nitrogens with one attached hydrogen (secondary N) is 2. The SMILES string of the molecule is CCC(=O)Nc1c(C)noc1/C=C\c1ccc(S(=O)(=O)Nc2ccc(Cl)cc2)cc1. The highest BCUT2D eigenvalue weighted by molar-refractivity contribution is 7.92. The lowest BCUT2D eigenvalue weighted by Gasteiger charge is -2.08. The molecule has 0 fully saturated rings. The Bertz CT molecular complexity index is 1170. The van der Waals surface area contributed by atoms with Crippen LogP contribution >= 0.6 is 11.6 Å². The minimum absolute atomic E-state index is 0.126. The highest BCUT2D eigenvalue weighted by atomic mass is 35.5. The summed E-state index contributed by atoms with van der Waals surface area (Å²) in [5.74, 6) is 0.272. The molecule has 7 nitrogen and oxygen atoms in total. The average molecular weight is 446 g/mol. The van der Waals surface area contributed by atoms with E-state index in [-0.39, 0.29) is 10.8 Å². The number of nitrogens with zero attached hydrogens (tertiary/aromatic N) is 1. The van der Waals surface area contributed by atoms with Crippen LogP contribution in [-0.2, 0) is 14.8 Å². The van der Waals surface area contributed by atoms with E-state index in [1.165, 1.54) is 12.1 Å². The van der Waals surface area contributed by atoms with Crippen molar-refractivity contribution < 1.29 is 17.7 Å². The number of anilines is 2. The molecular formula is C21H20ClN3O4S. The monoisotopic (exact) mass is 445 g/mol. The summed E-state index contributed by atoms with van der Waals surface area (Å²) >= 11 is 5.82. The zero-order valence-electron chi connectivity index (χ0n) is 16.3. The van der Waals surface area contributed by atoms with Gasteiger partial charge in [-0.2, -0.15) is 0 Å². The second-order valence-electron chi connectivity index (χ2n) is 6.42. The second-order valence-corrected chi connectivity index (χ2v) is 8.54. The van der Waals surface area contributed by atoms with E-state index in [1.807, 2.05) is 0 Å². The molecule has 1 heterocycles. The molecule has 0 spiro atoms. The van der Waals surface area contributed by atoms with Crippen molar-refractivity contribution in [1.82, 2.24) is 5.16 Å². The van der Waals surface area contributed by atoms with E-state index >= 15 is 0 Å². The van der Waals surface area contributed by atoms with Crippen molar-refractivity contribution in [2.75, 3.05) is 10.0 Å². The predicted octanol–water partition coefficient (Wildman–Crippen LogP) is 4.96. The molecule has 0 bridgehead atoms. The van der Waals surface area contributed by atoms with Crippen molar-refractivity contribution in [1.29, 1.82) is 0 Å². The minimum Gasteiger partial charge on any atom is -0.354 e. The minimum atomic E-state index is -3.72. The van der Waals surface area contributed by atoms with Crippen LogP contribution in [0.2, 0.25) is 5.02 Å². The molecule has 156 valence electrons. The first-order valence-electron chi connectivity index (χ1n) is 9.11. The number of sulfonamides is 1. The summed E-state index contributed by atoms with van der Waals surface area (Å²) in [4.78, 5) is 11.8. The third-order valence-electron chi connectivity index (χ3n) is 4.19. The summed E-state index contributed by atoms with van der Waals surface area (Å²) in [5, 5.41) is 7.15. The number of aryl methyl sites for hydroxylation is 1. The molecule has 2 aromatic carbocycles. The Labute approximate surface area is 179 Å². The lowest BCUT2D eigenvalue weighted by Crippen LogP contribution is -2.12. The van der Waals surface area contributed by atoms with Gasteiger partial charge in [0, 0.05) is 17.1 Å². The normalized spacial score (nSPS) is 11.6. The maximum absolute atomic E-state index is 12.5. The first kappa shape index (κ1) is 21.6. The Hall–Kier alpha value is -3.10. The molecule has 0 aliphatic carbocycles. The van der Waals surface area contributed by atoms with Gasteiger partial charge in [-0.3, -0.25) is 9.52 Å². The van der Waals surface area contributed by atoms with Crippen LogP contribution in [-0.4, -0.2) is 19.5 Å². The molecular weight excluding hydrogens is 426 g/mol. The van der Waals surface area contributed by atoms with E-state index in [1.54, 1.807) is 62.4 Å². The summed E-state index contributed by atoms with van der Waals surface area (Å²) < 4.78 is 32.8. The molecule has 0 radical (unpaired) electrons. The zero-order chi connectivity index (χ0) is 21.7. The highest BCUT2D eigenvalue weighted by Gasteiger charge is 2.15. The summed E-state index contributed by atoms with van der Waals surface area (Å²) in [7, 11) is -3.72. The summed E-state index contributed by atoms with van der Waals surface area (Å²) in [6, 6.07) is 12.7. The van der Waals surface area contributed by atoms with Gasteiger partial charge in [0.05, 0.1) is 4.90 Å². The van der Waals surface area contributed by atoms with Crippen LogP contribution < -0.4 is 10.0 Å². The fourth-order valence-electron chi connectivity index (χ4n) is 2.54. The largest absolute Gasteiger partial charge is 0.354 e. The van der Waals surface area contributed by atoms with Crippen LogP contribution in [0.4, 0.5) is 11.4 Å². The Morgan fingerprint density at radius 2 is 1.77 bits per heavy atom. The first-order chi connectivity index (χ1) is 14.3. The van der Waals surface area contributed by atoms with Crippen molar-refractivity contribution in [2.45, 2.75) is 25.2 Å². The Kier molecular flexibility index (Phi) is 6.59. The molecule has 1 aromatic heterocycles. The van der Waals surface area contributed by atoms with Gasteiger partial charge in [-0.25, -0.2) is 8.42 Å². The summed E-state index contributed by atoms with van der Waals surface area (Å²) in [6.07, 6.45) is 3.75. The van der Waals surface area contributed by atoms with Gasteiger partial charge in [-0.05, 0) is 55.0 Å². The molecule has 3 rings (SSSR count). The quantitative estimate of drug-likeness (QED) is 0.535. The summed E-state index contributed by atoms with van der Waals surface area (Å²) in [6.45, 7) is 3.49. The van der Waals surface area contributed by atoms with Crippen molar-refractivity contribution in [3.63, 3.8) is 0 Å². The number of aromatic nitrogens is 1. The Morgan fingerprint density at radius 3 is 2.40 bits per heavy atom. The second kappa shape index (κ2) is 9.15. The third-order valence-corrected chi connectivity index (χ3v) is 5.84. The first-order valence-corrected chi connectivity index (χ1v) is 11.0. The molecule has 1 amide bonds.